The number of ketones is 1. The van der Waals surface area contributed by atoms with Gasteiger partial charge in [0.1, 0.15) is 5.52 Å². The van der Waals surface area contributed by atoms with E-state index in [4.69, 9.17) is 4.42 Å². The molecule has 0 bridgehead atoms. The van der Waals surface area contributed by atoms with E-state index in [-0.39, 0.29) is 5.78 Å². The summed E-state index contributed by atoms with van der Waals surface area (Å²) >= 11 is 1.36. The fourth-order valence-electron chi connectivity index (χ4n) is 1.77. The summed E-state index contributed by atoms with van der Waals surface area (Å²) in [6, 6.07) is 5.72. The number of fused-ring (bicyclic) bond motifs is 1. The van der Waals surface area contributed by atoms with Crippen LogP contribution in [0.25, 0.3) is 22.4 Å². The molecule has 5 heteroatoms. The molecule has 3 aromatic rings. The Morgan fingerprint density at radius 2 is 2.17 bits per heavy atom. The number of oxazole rings is 1. The van der Waals surface area contributed by atoms with Crippen LogP contribution in [0.4, 0.5) is 0 Å². The van der Waals surface area contributed by atoms with Crippen LogP contribution in [0.2, 0.25) is 0 Å². The van der Waals surface area contributed by atoms with Crippen LogP contribution in [0, 0.1) is 6.92 Å². The molecule has 0 saturated heterocycles. The van der Waals surface area contributed by atoms with Gasteiger partial charge in [-0.25, -0.2) is 9.97 Å². The number of Topliss-reactive ketones (excluding diaryl/α,β-unsaturated/α-hetero) is 1. The van der Waals surface area contributed by atoms with Gasteiger partial charge >= 0.3 is 0 Å². The van der Waals surface area contributed by atoms with E-state index in [1.54, 1.807) is 0 Å². The molecule has 2 heterocycles. The fourth-order valence-corrected chi connectivity index (χ4v) is 2.50. The number of hydrogen-bond donors (Lipinski definition) is 0. The second kappa shape index (κ2) is 4.03. The zero-order valence-electron chi connectivity index (χ0n) is 9.93. The van der Waals surface area contributed by atoms with Crippen LogP contribution in [-0.2, 0) is 0 Å². The summed E-state index contributed by atoms with van der Waals surface area (Å²) in [6.45, 7) is 3.34. The minimum Gasteiger partial charge on any atom is -0.441 e. The van der Waals surface area contributed by atoms with Crippen LogP contribution >= 0.6 is 11.3 Å². The van der Waals surface area contributed by atoms with E-state index in [1.807, 2.05) is 30.5 Å². The van der Waals surface area contributed by atoms with Crippen LogP contribution in [-0.4, -0.2) is 15.8 Å². The molecule has 0 amide bonds. The first-order valence-electron chi connectivity index (χ1n) is 5.47. The molecule has 2 aromatic heterocycles. The van der Waals surface area contributed by atoms with E-state index in [1.165, 1.54) is 18.3 Å². The Kier molecular flexibility index (Phi) is 2.48. The molecule has 1 aromatic carbocycles. The topological polar surface area (TPSA) is 56.0 Å². The summed E-state index contributed by atoms with van der Waals surface area (Å²) in [4.78, 5) is 19.8. The first kappa shape index (κ1) is 11.1. The molecular formula is C13H10N2O2S. The molecule has 0 aliphatic rings. The van der Waals surface area contributed by atoms with E-state index in [2.05, 4.69) is 9.97 Å². The Morgan fingerprint density at radius 1 is 1.33 bits per heavy atom. The number of nitrogens with zero attached hydrogens (tertiary/aromatic N) is 2. The summed E-state index contributed by atoms with van der Waals surface area (Å²) in [5.41, 5.74) is 3.31. The van der Waals surface area contributed by atoms with Gasteiger partial charge in [0.2, 0.25) is 0 Å². The first-order valence-corrected chi connectivity index (χ1v) is 6.35. The summed E-state index contributed by atoms with van der Waals surface area (Å²) in [5, 5.41) is 2.41. The third-order valence-corrected chi connectivity index (χ3v) is 3.54. The van der Waals surface area contributed by atoms with Crippen molar-refractivity contribution in [1.29, 1.82) is 0 Å². The quantitative estimate of drug-likeness (QED) is 0.660. The molecule has 0 N–H and O–H groups in total. The highest BCUT2D eigenvalue weighted by Crippen LogP contribution is 2.26. The van der Waals surface area contributed by atoms with Crippen molar-refractivity contribution in [3.05, 3.63) is 34.5 Å². The Bertz CT molecular complexity index is 742. The lowest BCUT2D eigenvalue weighted by molar-refractivity contribution is 0.101. The minimum absolute atomic E-state index is 0.00962. The van der Waals surface area contributed by atoms with Gasteiger partial charge in [-0.15, -0.1) is 11.3 Å². The number of benzene rings is 1. The highest BCUT2D eigenvalue weighted by Gasteiger charge is 2.10. The molecule has 0 atom stereocenters. The van der Waals surface area contributed by atoms with E-state index in [0.29, 0.717) is 10.9 Å². The van der Waals surface area contributed by atoms with Gasteiger partial charge in [-0.1, -0.05) is 0 Å². The second-order valence-corrected chi connectivity index (χ2v) is 4.87. The van der Waals surface area contributed by atoms with Gasteiger partial charge in [0.05, 0.1) is 5.69 Å². The minimum atomic E-state index is -0.00962. The zero-order chi connectivity index (χ0) is 12.7. The Balaban J connectivity index is 2.09. The van der Waals surface area contributed by atoms with Crippen molar-refractivity contribution in [2.24, 2.45) is 0 Å². The SMILES string of the molecule is CC(=O)c1nc(-c2ccc3oc(C)nc3c2)cs1. The van der Waals surface area contributed by atoms with Gasteiger partial charge < -0.3 is 4.42 Å². The summed E-state index contributed by atoms with van der Waals surface area (Å²) in [5.74, 6) is 0.634. The maximum Gasteiger partial charge on any atom is 0.192 e. The largest absolute Gasteiger partial charge is 0.441 e. The number of hydrogen-bond acceptors (Lipinski definition) is 5. The molecule has 0 spiro atoms. The van der Waals surface area contributed by atoms with E-state index in [0.717, 1.165) is 22.4 Å². The number of thiazole rings is 1. The summed E-state index contributed by atoms with van der Waals surface area (Å²) in [6.07, 6.45) is 0. The molecule has 0 aliphatic carbocycles. The van der Waals surface area contributed by atoms with E-state index < -0.39 is 0 Å². The van der Waals surface area contributed by atoms with Crippen molar-refractivity contribution in [3.8, 4) is 11.3 Å². The van der Waals surface area contributed by atoms with Gasteiger partial charge in [0.25, 0.3) is 0 Å². The van der Waals surface area contributed by atoms with E-state index >= 15 is 0 Å². The third-order valence-electron chi connectivity index (χ3n) is 2.60. The number of aryl methyl sites for hydroxylation is 1. The highest BCUT2D eigenvalue weighted by molar-refractivity contribution is 7.12. The molecule has 0 aliphatic heterocycles. The normalized spacial score (nSPS) is 11.0. The van der Waals surface area contributed by atoms with Crippen molar-refractivity contribution in [1.82, 2.24) is 9.97 Å². The van der Waals surface area contributed by atoms with E-state index in [9.17, 15) is 4.79 Å². The third kappa shape index (κ3) is 1.82. The van der Waals surface area contributed by atoms with Crippen LogP contribution in [0.3, 0.4) is 0 Å². The standard InChI is InChI=1S/C13H10N2O2S/c1-7(16)13-15-11(6-18-13)9-3-4-12-10(5-9)14-8(2)17-12/h3-6H,1-2H3. The second-order valence-electron chi connectivity index (χ2n) is 4.01. The number of carbonyl (C=O) groups excluding carboxylic acids is 1. The van der Waals surface area contributed by atoms with Crippen molar-refractivity contribution < 1.29 is 9.21 Å². The smallest absolute Gasteiger partial charge is 0.192 e. The zero-order valence-corrected chi connectivity index (χ0v) is 10.7. The lowest BCUT2D eigenvalue weighted by Gasteiger charge is -1.95. The van der Waals surface area contributed by atoms with Crippen molar-refractivity contribution in [2.45, 2.75) is 13.8 Å². The molecular weight excluding hydrogens is 248 g/mol. The van der Waals surface area contributed by atoms with Gasteiger partial charge in [0.15, 0.2) is 22.3 Å². The first-order chi connectivity index (χ1) is 8.63. The molecule has 3 rings (SSSR count). The monoisotopic (exact) mass is 258 g/mol. The lowest BCUT2D eigenvalue weighted by atomic mass is 10.1. The molecule has 0 saturated carbocycles. The highest BCUT2D eigenvalue weighted by atomic mass is 32.1. The van der Waals surface area contributed by atoms with Crippen LogP contribution in [0.1, 0.15) is 22.6 Å². The van der Waals surface area contributed by atoms with Crippen LogP contribution in [0.5, 0.6) is 0 Å². The number of rotatable bonds is 2. The Labute approximate surface area is 107 Å². The molecule has 0 unspecified atom stereocenters. The molecule has 18 heavy (non-hydrogen) atoms. The van der Waals surface area contributed by atoms with Gasteiger partial charge in [-0.05, 0) is 18.2 Å². The molecule has 4 nitrogen and oxygen atoms in total. The summed E-state index contributed by atoms with van der Waals surface area (Å²) < 4.78 is 5.42. The maximum absolute atomic E-state index is 11.2. The van der Waals surface area contributed by atoms with Crippen LogP contribution < -0.4 is 0 Å². The predicted octanol–water partition coefficient (Wildman–Crippen LogP) is 3.46. The summed E-state index contributed by atoms with van der Waals surface area (Å²) in [7, 11) is 0. The molecule has 90 valence electrons. The Morgan fingerprint density at radius 3 is 2.89 bits per heavy atom. The average Bonchev–Trinajstić information content (AvgIpc) is 2.91. The molecule has 0 fully saturated rings. The maximum atomic E-state index is 11.2. The van der Waals surface area contributed by atoms with Crippen molar-refractivity contribution in [2.75, 3.05) is 0 Å². The van der Waals surface area contributed by atoms with Crippen molar-refractivity contribution in [3.63, 3.8) is 0 Å². The molecule has 0 radical (unpaired) electrons. The number of aromatic nitrogens is 2. The van der Waals surface area contributed by atoms with Crippen LogP contribution in [0.15, 0.2) is 28.0 Å². The van der Waals surface area contributed by atoms with Gasteiger partial charge in [-0.3, -0.25) is 4.79 Å². The van der Waals surface area contributed by atoms with Gasteiger partial charge in [0, 0.05) is 24.8 Å². The predicted molar refractivity (Wildman–Crippen MR) is 69.9 cm³/mol. The van der Waals surface area contributed by atoms with Gasteiger partial charge in [-0.2, -0.15) is 0 Å². The fraction of sp³-hybridized carbons (Fsp3) is 0.154. The average molecular weight is 258 g/mol. The Hall–Kier alpha value is -2.01. The number of carbonyl (C=O) groups is 1. The van der Waals surface area contributed by atoms with Crippen molar-refractivity contribution >= 4 is 28.2 Å². The lowest BCUT2D eigenvalue weighted by Crippen LogP contribution is -1.89.